The molecule has 0 aliphatic heterocycles. The molecular formula is C18H15FO4. The molecule has 0 saturated carbocycles. The Kier molecular flexibility index (Phi) is 4.12. The number of benzene rings is 2. The molecule has 0 fully saturated rings. The number of halogens is 1. The summed E-state index contributed by atoms with van der Waals surface area (Å²) in [4.78, 5) is 11.2. The zero-order valence-electron chi connectivity index (χ0n) is 12.5. The highest BCUT2D eigenvalue weighted by atomic mass is 19.1. The van der Waals surface area contributed by atoms with Crippen molar-refractivity contribution in [1.82, 2.24) is 0 Å². The van der Waals surface area contributed by atoms with E-state index in [1.807, 2.05) is 0 Å². The van der Waals surface area contributed by atoms with Gasteiger partial charge in [0.1, 0.15) is 29.9 Å². The van der Waals surface area contributed by atoms with Gasteiger partial charge in [-0.15, -0.1) is 0 Å². The third kappa shape index (κ3) is 3.40. The number of aliphatic hydroxyl groups excluding tert-OH is 1. The van der Waals surface area contributed by atoms with Crippen LogP contribution in [0, 0.1) is 12.7 Å². The normalized spacial score (nSPS) is 12.3. The predicted molar refractivity (Wildman–Crippen MR) is 84.1 cm³/mol. The lowest BCUT2D eigenvalue weighted by atomic mass is 10.0. The molecule has 23 heavy (non-hydrogen) atoms. The Labute approximate surface area is 131 Å². The zero-order chi connectivity index (χ0) is 16.4. The second-order valence-corrected chi connectivity index (χ2v) is 5.28. The molecular weight excluding hydrogens is 299 g/mol. The van der Waals surface area contributed by atoms with E-state index in [4.69, 9.17) is 9.15 Å². The Hall–Kier alpha value is -2.66. The Morgan fingerprint density at radius 3 is 2.74 bits per heavy atom. The first-order chi connectivity index (χ1) is 11.0. The number of aryl methyl sites for hydroxylation is 1. The lowest BCUT2D eigenvalue weighted by Gasteiger charge is -2.15. The van der Waals surface area contributed by atoms with E-state index >= 15 is 0 Å². The highest BCUT2D eigenvalue weighted by molar-refractivity contribution is 5.77. The molecule has 118 valence electrons. The molecule has 1 heterocycles. The summed E-state index contributed by atoms with van der Waals surface area (Å²) < 4.78 is 23.7. The quantitative estimate of drug-likeness (QED) is 0.750. The van der Waals surface area contributed by atoms with Gasteiger partial charge >= 0.3 is 5.63 Å². The second kappa shape index (κ2) is 6.22. The molecule has 0 radical (unpaired) electrons. The summed E-state index contributed by atoms with van der Waals surface area (Å²) in [6.07, 6.45) is -0.880. The molecule has 0 spiro atoms. The average molecular weight is 314 g/mol. The fraction of sp³-hybridized carbons (Fsp3) is 0.167. The molecule has 0 saturated heterocycles. The molecule has 0 amide bonds. The van der Waals surface area contributed by atoms with Crippen LogP contribution in [-0.2, 0) is 0 Å². The molecule has 0 aliphatic rings. The first-order valence-electron chi connectivity index (χ1n) is 7.14. The van der Waals surface area contributed by atoms with Gasteiger partial charge in [-0.1, -0.05) is 6.07 Å². The molecule has 1 atom stereocenters. The van der Waals surface area contributed by atoms with Crippen LogP contribution in [0.25, 0.3) is 11.0 Å². The van der Waals surface area contributed by atoms with Gasteiger partial charge in [-0.3, -0.25) is 0 Å². The van der Waals surface area contributed by atoms with E-state index in [1.165, 1.54) is 24.3 Å². The molecule has 4 nitrogen and oxygen atoms in total. The monoisotopic (exact) mass is 314 g/mol. The topological polar surface area (TPSA) is 59.7 Å². The van der Waals surface area contributed by atoms with Gasteiger partial charge < -0.3 is 14.3 Å². The molecule has 0 bridgehead atoms. The minimum Gasteiger partial charge on any atom is -0.490 e. The molecule has 1 unspecified atom stereocenters. The Balaban J connectivity index is 1.76. The van der Waals surface area contributed by atoms with Crippen LogP contribution < -0.4 is 10.4 Å². The summed E-state index contributed by atoms with van der Waals surface area (Å²) in [5, 5.41) is 11.0. The molecule has 1 aromatic heterocycles. The van der Waals surface area contributed by atoms with Crippen LogP contribution in [-0.4, -0.2) is 11.7 Å². The van der Waals surface area contributed by atoms with Crippen molar-refractivity contribution in [3.05, 3.63) is 75.9 Å². The van der Waals surface area contributed by atoms with Crippen LogP contribution in [0.15, 0.2) is 57.7 Å². The van der Waals surface area contributed by atoms with Crippen LogP contribution in [0.4, 0.5) is 4.39 Å². The summed E-state index contributed by atoms with van der Waals surface area (Å²) in [5.74, 6) is 0.134. The lowest BCUT2D eigenvalue weighted by molar-refractivity contribution is 0.107. The van der Waals surface area contributed by atoms with Crippen molar-refractivity contribution < 1.29 is 18.7 Å². The van der Waals surface area contributed by atoms with Gasteiger partial charge in [-0.2, -0.15) is 0 Å². The van der Waals surface area contributed by atoms with Gasteiger partial charge in [0, 0.05) is 17.5 Å². The Morgan fingerprint density at radius 1 is 1.17 bits per heavy atom. The second-order valence-electron chi connectivity index (χ2n) is 5.28. The first-order valence-corrected chi connectivity index (χ1v) is 7.14. The zero-order valence-corrected chi connectivity index (χ0v) is 12.5. The van der Waals surface area contributed by atoms with E-state index in [1.54, 1.807) is 31.2 Å². The first kappa shape index (κ1) is 15.2. The SMILES string of the molecule is Cc1cc(F)ccc1C(O)COc1ccc2ccc(=O)oc2c1. The summed E-state index contributed by atoms with van der Waals surface area (Å²) in [7, 11) is 0. The van der Waals surface area contributed by atoms with Crippen molar-refractivity contribution in [3.8, 4) is 5.75 Å². The van der Waals surface area contributed by atoms with Crippen LogP contribution in [0.2, 0.25) is 0 Å². The third-order valence-corrected chi connectivity index (χ3v) is 3.59. The van der Waals surface area contributed by atoms with Crippen LogP contribution >= 0.6 is 0 Å². The summed E-state index contributed by atoms with van der Waals surface area (Å²) in [6.45, 7) is 1.74. The van der Waals surface area contributed by atoms with Crippen molar-refractivity contribution in [1.29, 1.82) is 0 Å². The molecule has 1 N–H and O–H groups in total. The minimum absolute atomic E-state index is 0.00897. The fourth-order valence-corrected chi connectivity index (χ4v) is 2.41. The standard InChI is InChI=1S/C18H15FO4/c1-11-8-13(19)4-6-15(11)16(20)10-22-14-5-2-12-3-7-18(21)23-17(12)9-14/h2-9,16,20H,10H2,1H3. The van der Waals surface area contributed by atoms with Gasteiger partial charge in [0.25, 0.3) is 0 Å². The summed E-state index contributed by atoms with van der Waals surface area (Å²) >= 11 is 0. The minimum atomic E-state index is -0.880. The largest absolute Gasteiger partial charge is 0.490 e. The molecule has 3 rings (SSSR count). The molecule has 2 aromatic carbocycles. The maximum Gasteiger partial charge on any atom is 0.336 e. The van der Waals surface area contributed by atoms with Gasteiger partial charge in [0.2, 0.25) is 0 Å². The number of aliphatic hydroxyl groups is 1. The highest BCUT2D eigenvalue weighted by Crippen LogP contribution is 2.23. The maximum absolute atomic E-state index is 13.1. The van der Waals surface area contributed by atoms with Crippen molar-refractivity contribution in [2.24, 2.45) is 0 Å². The van der Waals surface area contributed by atoms with Gasteiger partial charge in [0.05, 0.1) is 0 Å². The van der Waals surface area contributed by atoms with Crippen molar-refractivity contribution in [3.63, 3.8) is 0 Å². The third-order valence-electron chi connectivity index (χ3n) is 3.59. The lowest BCUT2D eigenvalue weighted by Crippen LogP contribution is -2.11. The predicted octanol–water partition coefficient (Wildman–Crippen LogP) is 3.35. The molecule has 0 aliphatic carbocycles. The van der Waals surface area contributed by atoms with E-state index in [0.29, 0.717) is 22.5 Å². The van der Waals surface area contributed by atoms with Crippen LogP contribution in [0.1, 0.15) is 17.2 Å². The number of hydrogen-bond acceptors (Lipinski definition) is 4. The van der Waals surface area contributed by atoms with Crippen LogP contribution in [0.3, 0.4) is 0 Å². The van der Waals surface area contributed by atoms with Crippen molar-refractivity contribution in [2.75, 3.05) is 6.61 Å². The maximum atomic E-state index is 13.1. The molecule has 3 aromatic rings. The van der Waals surface area contributed by atoms with E-state index in [0.717, 1.165) is 5.39 Å². The van der Waals surface area contributed by atoms with Gasteiger partial charge in [-0.25, -0.2) is 9.18 Å². The van der Waals surface area contributed by atoms with Crippen LogP contribution in [0.5, 0.6) is 5.75 Å². The van der Waals surface area contributed by atoms with E-state index in [9.17, 15) is 14.3 Å². The highest BCUT2D eigenvalue weighted by Gasteiger charge is 2.12. The number of fused-ring (bicyclic) bond motifs is 1. The van der Waals surface area contributed by atoms with Gasteiger partial charge in [0.15, 0.2) is 0 Å². The van der Waals surface area contributed by atoms with E-state index < -0.39 is 11.7 Å². The number of ether oxygens (including phenoxy) is 1. The number of hydrogen-bond donors (Lipinski definition) is 1. The van der Waals surface area contributed by atoms with Crippen molar-refractivity contribution >= 4 is 11.0 Å². The number of rotatable bonds is 4. The Bertz CT molecular complexity index is 901. The average Bonchev–Trinajstić information content (AvgIpc) is 2.52. The van der Waals surface area contributed by atoms with E-state index in [2.05, 4.69) is 0 Å². The fourth-order valence-electron chi connectivity index (χ4n) is 2.41. The van der Waals surface area contributed by atoms with Crippen molar-refractivity contribution in [2.45, 2.75) is 13.0 Å². The van der Waals surface area contributed by atoms with E-state index in [-0.39, 0.29) is 12.4 Å². The molecule has 5 heteroatoms. The summed E-state index contributed by atoms with van der Waals surface area (Å²) in [5.41, 5.74) is 1.25. The van der Waals surface area contributed by atoms with Gasteiger partial charge in [-0.05, 0) is 48.4 Å². The summed E-state index contributed by atoms with van der Waals surface area (Å²) in [6, 6.07) is 12.3. The smallest absolute Gasteiger partial charge is 0.336 e. The Morgan fingerprint density at radius 2 is 1.96 bits per heavy atom.